The number of carbonyl (C=O) groups excluding carboxylic acids is 1. The Morgan fingerprint density at radius 2 is 2.35 bits per heavy atom. The number of thiophene rings is 1. The summed E-state index contributed by atoms with van der Waals surface area (Å²) in [5, 5.41) is 11.1. The Bertz CT molecular complexity index is 529. The smallest absolute Gasteiger partial charge is 0.255 e. The van der Waals surface area contributed by atoms with E-state index >= 15 is 0 Å². The summed E-state index contributed by atoms with van der Waals surface area (Å²) >= 11 is 3.41. The lowest BCUT2D eigenvalue weighted by Gasteiger charge is -2.37. The van der Waals surface area contributed by atoms with Gasteiger partial charge in [0, 0.05) is 35.4 Å². The van der Waals surface area contributed by atoms with Crippen LogP contribution >= 0.6 is 23.1 Å². The largest absolute Gasteiger partial charge is 0.395 e. The van der Waals surface area contributed by atoms with Gasteiger partial charge in [0.1, 0.15) is 0 Å². The van der Waals surface area contributed by atoms with Crippen molar-refractivity contribution >= 4 is 29.0 Å². The van der Waals surface area contributed by atoms with E-state index in [-0.39, 0.29) is 18.6 Å². The van der Waals surface area contributed by atoms with Gasteiger partial charge in [0.05, 0.1) is 17.0 Å². The Kier molecular flexibility index (Phi) is 5.53. The molecule has 1 fully saturated rings. The van der Waals surface area contributed by atoms with Crippen molar-refractivity contribution in [1.29, 1.82) is 0 Å². The lowest BCUT2D eigenvalue weighted by molar-refractivity contribution is 0.0698. The molecule has 1 N–H and O–H groups in total. The summed E-state index contributed by atoms with van der Waals surface area (Å²) in [6.45, 7) is 5.18. The molecule has 1 amide bonds. The van der Waals surface area contributed by atoms with Crippen LogP contribution in [0.1, 0.15) is 35.5 Å². The monoisotopic (exact) mass is 309 g/mol. The molecular weight excluding hydrogens is 290 g/mol. The number of aliphatic hydroxyl groups excluding tert-OH is 1. The van der Waals surface area contributed by atoms with Crippen LogP contribution in [0.5, 0.6) is 0 Å². The second-order valence-corrected chi connectivity index (χ2v) is 7.19. The fraction of sp³-hybridized carbons (Fsp3) is 0.533. The summed E-state index contributed by atoms with van der Waals surface area (Å²) in [4.78, 5) is 15.4. The normalized spacial score (nSPS) is 22.2. The molecule has 1 aromatic heterocycles. The highest BCUT2D eigenvalue weighted by molar-refractivity contribution is 8.00. The second-order valence-electron chi connectivity index (χ2n) is 4.79. The van der Waals surface area contributed by atoms with E-state index in [0.717, 1.165) is 22.7 Å². The zero-order chi connectivity index (χ0) is 14.5. The van der Waals surface area contributed by atoms with E-state index in [9.17, 15) is 4.79 Å². The molecule has 2 unspecified atom stereocenters. The maximum absolute atomic E-state index is 12.5. The molecule has 2 rings (SSSR count). The van der Waals surface area contributed by atoms with Crippen molar-refractivity contribution in [2.75, 3.05) is 18.9 Å². The fourth-order valence-electron chi connectivity index (χ4n) is 2.11. The van der Waals surface area contributed by atoms with Crippen LogP contribution in [-0.2, 0) is 0 Å². The summed E-state index contributed by atoms with van der Waals surface area (Å²) in [5.41, 5.74) is 0.731. The number of rotatable bonds is 2. The molecule has 0 saturated carbocycles. The molecule has 1 aliphatic rings. The minimum Gasteiger partial charge on any atom is -0.395 e. The molecule has 0 spiro atoms. The van der Waals surface area contributed by atoms with Crippen molar-refractivity contribution in [3.63, 3.8) is 0 Å². The number of hydrogen-bond donors (Lipinski definition) is 1. The van der Waals surface area contributed by atoms with Gasteiger partial charge >= 0.3 is 0 Å². The SMILES string of the molecule is CC1SCCN(C(=O)c2csc(C#CCCO)c2)C1C. The molecule has 0 radical (unpaired) electrons. The minimum absolute atomic E-state index is 0.0744. The van der Waals surface area contributed by atoms with Crippen molar-refractivity contribution in [2.24, 2.45) is 0 Å². The molecule has 1 aliphatic heterocycles. The molecule has 1 aromatic rings. The number of carbonyl (C=O) groups is 1. The summed E-state index contributed by atoms with van der Waals surface area (Å²) in [6, 6.07) is 2.13. The van der Waals surface area contributed by atoms with Crippen LogP contribution in [0.25, 0.3) is 0 Å². The number of hydrogen-bond acceptors (Lipinski definition) is 4. The summed E-state index contributed by atoms with van der Waals surface area (Å²) in [6.07, 6.45) is 0.471. The lowest BCUT2D eigenvalue weighted by Crippen LogP contribution is -2.47. The van der Waals surface area contributed by atoms with Gasteiger partial charge in [-0.25, -0.2) is 0 Å². The number of nitrogens with zero attached hydrogens (tertiary/aromatic N) is 1. The van der Waals surface area contributed by atoms with Crippen molar-refractivity contribution in [3.05, 3.63) is 21.9 Å². The van der Waals surface area contributed by atoms with E-state index in [0.29, 0.717) is 11.7 Å². The topological polar surface area (TPSA) is 40.5 Å². The first-order chi connectivity index (χ1) is 9.63. The Morgan fingerprint density at radius 3 is 3.10 bits per heavy atom. The average molecular weight is 309 g/mol. The van der Waals surface area contributed by atoms with Crippen molar-refractivity contribution in [2.45, 2.75) is 31.6 Å². The van der Waals surface area contributed by atoms with Gasteiger partial charge in [-0.2, -0.15) is 11.8 Å². The van der Waals surface area contributed by atoms with Gasteiger partial charge in [-0.05, 0) is 13.0 Å². The van der Waals surface area contributed by atoms with Crippen molar-refractivity contribution in [1.82, 2.24) is 4.90 Å². The zero-order valence-electron chi connectivity index (χ0n) is 11.8. The van der Waals surface area contributed by atoms with Gasteiger partial charge in [0.2, 0.25) is 0 Å². The van der Waals surface area contributed by atoms with E-state index in [1.54, 1.807) is 0 Å². The first-order valence-electron chi connectivity index (χ1n) is 6.74. The van der Waals surface area contributed by atoms with Crippen LogP contribution in [0.15, 0.2) is 11.4 Å². The van der Waals surface area contributed by atoms with Crippen LogP contribution < -0.4 is 0 Å². The molecule has 0 aromatic carbocycles. The van der Waals surface area contributed by atoms with E-state index in [4.69, 9.17) is 5.11 Å². The van der Waals surface area contributed by atoms with E-state index < -0.39 is 0 Å². The highest BCUT2D eigenvalue weighted by atomic mass is 32.2. The molecule has 20 heavy (non-hydrogen) atoms. The van der Waals surface area contributed by atoms with E-state index in [2.05, 4.69) is 25.7 Å². The molecule has 0 bridgehead atoms. The van der Waals surface area contributed by atoms with Gasteiger partial charge in [0.25, 0.3) is 5.91 Å². The molecule has 2 atom stereocenters. The van der Waals surface area contributed by atoms with E-state index in [1.165, 1.54) is 11.3 Å². The predicted molar refractivity (Wildman–Crippen MR) is 85.3 cm³/mol. The highest BCUT2D eigenvalue weighted by Gasteiger charge is 2.29. The molecule has 1 saturated heterocycles. The Morgan fingerprint density at radius 1 is 1.55 bits per heavy atom. The molecule has 108 valence electrons. The van der Waals surface area contributed by atoms with Gasteiger partial charge in [-0.15, -0.1) is 11.3 Å². The zero-order valence-corrected chi connectivity index (χ0v) is 13.4. The van der Waals surface area contributed by atoms with Crippen LogP contribution in [0, 0.1) is 11.8 Å². The highest BCUT2D eigenvalue weighted by Crippen LogP contribution is 2.26. The molecule has 0 aliphatic carbocycles. The van der Waals surface area contributed by atoms with Crippen LogP contribution in [0.2, 0.25) is 0 Å². The quantitative estimate of drug-likeness (QED) is 0.853. The Balaban J connectivity index is 2.08. The van der Waals surface area contributed by atoms with Crippen LogP contribution in [0.3, 0.4) is 0 Å². The Hall–Kier alpha value is -0.960. The summed E-state index contributed by atoms with van der Waals surface area (Å²) in [5.74, 6) is 6.97. The van der Waals surface area contributed by atoms with Gasteiger partial charge in [-0.3, -0.25) is 4.79 Å². The summed E-state index contributed by atoms with van der Waals surface area (Å²) in [7, 11) is 0. The van der Waals surface area contributed by atoms with Crippen LogP contribution in [0.4, 0.5) is 0 Å². The number of amides is 1. The molecule has 2 heterocycles. The predicted octanol–water partition coefficient (Wildman–Crippen LogP) is 2.45. The fourth-order valence-corrected chi connectivity index (χ4v) is 3.95. The first-order valence-corrected chi connectivity index (χ1v) is 8.67. The third-order valence-electron chi connectivity index (χ3n) is 3.44. The van der Waals surface area contributed by atoms with Crippen LogP contribution in [-0.4, -0.2) is 46.1 Å². The lowest BCUT2D eigenvalue weighted by atomic mass is 10.1. The Labute approximate surface area is 128 Å². The third-order valence-corrected chi connectivity index (χ3v) is 5.62. The van der Waals surface area contributed by atoms with Crippen molar-refractivity contribution in [3.8, 4) is 11.8 Å². The second kappa shape index (κ2) is 7.16. The average Bonchev–Trinajstić information content (AvgIpc) is 2.90. The number of thioether (sulfide) groups is 1. The van der Waals surface area contributed by atoms with Gasteiger partial charge < -0.3 is 10.0 Å². The summed E-state index contributed by atoms with van der Waals surface area (Å²) < 4.78 is 0. The van der Waals surface area contributed by atoms with Gasteiger partial charge in [0.15, 0.2) is 0 Å². The standard InChI is InChI=1S/C15H19NO2S2/c1-11-12(2)19-8-6-16(11)15(18)13-9-14(20-10-13)5-3-4-7-17/h9-12,17H,4,6-8H2,1-2H3. The van der Waals surface area contributed by atoms with Crippen molar-refractivity contribution < 1.29 is 9.90 Å². The molecule has 3 nitrogen and oxygen atoms in total. The first kappa shape index (κ1) is 15.4. The maximum Gasteiger partial charge on any atom is 0.255 e. The molecule has 5 heteroatoms. The molecular formula is C15H19NO2S2. The van der Waals surface area contributed by atoms with Gasteiger partial charge in [-0.1, -0.05) is 18.8 Å². The number of aliphatic hydroxyl groups is 1. The van der Waals surface area contributed by atoms with E-state index in [1.807, 2.05) is 28.1 Å². The minimum atomic E-state index is 0.0744. The third kappa shape index (κ3) is 3.57. The maximum atomic E-state index is 12.5.